The normalized spacial score (nSPS) is 19.1. The first-order valence-corrected chi connectivity index (χ1v) is 16.4. The number of rotatable bonds is 11. The Morgan fingerprint density at radius 3 is 2.18 bits per heavy atom. The zero-order valence-electron chi connectivity index (χ0n) is 24.1. The van der Waals surface area contributed by atoms with Crippen LogP contribution in [0.2, 0.25) is 18.1 Å². The molecule has 1 fully saturated rings. The molecule has 38 heavy (non-hydrogen) atoms. The molecule has 2 aromatic carbocycles. The van der Waals surface area contributed by atoms with Crippen molar-refractivity contribution >= 4 is 14.3 Å². The minimum absolute atomic E-state index is 0.0307. The van der Waals surface area contributed by atoms with Crippen molar-refractivity contribution in [3.63, 3.8) is 0 Å². The number of nitrogens with zero attached hydrogens (tertiary/aromatic N) is 1. The summed E-state index contributed by atoms with van der Waals surface area (Å²) in [4.78, 5) is 15.3. The van der Waals surface area contributed by atoms with Gasteiger partial charge in [-0.3, -0.25) is 0 Å². The third kappa shape index (κ3) is 8.38. The van der Waals surface area contributed by atoms with Crippen LogP contribution in [0.25, 0.3) is 0 Å². The summed E-state index contributed by atoms with van der Waals surface area (Å²) in [6, 6.07) is 19.6. The summed E-state index contributed by atoms with van der Waals surface area (Å²) in [5, 5.41) is 13.7. The van der Waals surface area contributed by atoms with E-state index in [2.05, 4.69) is 39.2 Å². The van der Waals surface area contributed by atoms with E-state index in [1.807, 2.05) is 74.5 Å². The van der Waals surface area contributed by atoms with Crippen LogP contribution in [0.1, 0.15) is 45.7 Å². The van der Waals surface area contributed by atoms with Crippen LogP contribution in [-0.2, 0) is 27.0 Å². The van der Waals surface area contributed by atoms with Gasteiger partial charge in [0.2, 0.25) is 0 Å². The summed E-state index contributed by atoms with van der Waals surface area (Å²) in [5.74, 6) is -1.09. The molecule has 3 atom stereocenters. The van der Waals surface area contributed by atoms with Crippen molar-refractivity contribution in [2.75, 3.05) is 19.8 Å². The van der Waals surface area contributed by atoms with Crippen LogP contribution >= 0.6 is 0 Å². The molecule has 0 unspecified atom stereocenters. The second kappa shape index (κ2) is 12.7. The van der Waals surface area contributed by atoms with Crippen molar-refractivity contribution in [2.45, 2.75) is 83.8 Å². The van der Waals surface area contributed by atoms with Crippen molar-refractivity contribution in [3.05, 3.63) is 71.8 Å². The molecular weight excluding hydrogens is 496 g/mol. The molecule has 7 nitrogen and oxygen atoms in total. The van der Waals surface area contributed by atoms with Gasteiger partial charge in [-0.2, -0.15) is 0 Å². The molecule has 1 saturated heterocycles. The van der Waals surface area contributed by atoms with Crippen molar-refractivity contribution in [1.29, 1.82) is 0 Å². The molecule has 1 aliphatic rings. The smallest absolute Gasteiger partial charge is 0.317 e. The molecule has 0 bridgehead atoms. The van der Waals surface area contributed by atoms with E-state index in [9.17, 15) is 9.90 Å². The molecule has 0 aromatic heterocycles. The first-order chi connectivity index (χ1) is 17.8. The lowest BCUT2D eigenvalue weighted by atomic mass is 9.98. The third-order valence-electron chi connectivity index (χ3n) is 7.58. The Balaban J connectivity index is 1.86. The summed E-state index contributed by atoms with van der Waals surface area (Å²) >= 11 is 0. The Hall–Kier alpha value is -2.23. The van der Waals surface area contributed by atoms with Gasteiger partial charge in [0.1, 0.15) is 6.10 Å². The summed E-state index contributed by atoms with van der Waals surface area (Å²) in [5.41, 5.74) is 2.04. The molecule has 210 valence electrons. The van der Waals surface area contributed by atoms with Gasteiger partial charge >= 0.3 is 6.03 Å². The van der Waals surface area contributed by atoms with Crippen molar-refractivity contribution in [2.24, 2.45) is 5.92 Å². The lowest BCUT2D eigenvalue weighted by molar-refractivity contribution is -0.155. The fourth-order valence-electron chi connectivity index (χ4n) is 4.33. The average Bonchev–Trinajstić information content (AvgIpc) is 3.23. The third-order valence-corrected chi connectivity index (χ3v) is 12.1. The molecule has 3 rings (SSSR count). The quantitative estimate of drug-likeness (QED) is 0.364. The van der Waals surface area contributed by atoms with Gasteiger partial charge in [-0.05, 0) is 43.1 Å². The van der Waals surface area contributed by atoms with E-state index >= 15 is 0 Å². The van der Waals surface area contributed by atoms with E-state index in [4.69, 9.17) is 13.9 Å². The van der Waals surface area contributed by atoms with Gasteiger partial charge < -0.3 is 29.2 Å². The Labute approximate surface area is 229 Å². The minimum atomic E-state index is -2.24. The van der Waals surface area contributed by atoms with Gasteiger partial charge in [-0.25, -0.2) is 4.79 Å². The number of hydrogen-bond acceptors (Lipinski definition) is 5. The standard InChI is InChI=1S/C30H46N2O5Si/c1-29(2,3)38(6,7)37-27(26-22-35-30(4,5)36-26)25(21-33)20-32(19-24-16-12-9-13-17-24)28(34)31-18-23-14-10-8-11-15-23/h8-17,25-27,33H,18-22H2,1-7H3,(H,31,34)/t25-,26-,27+/m1/s1. The lowest BCUT2D eigenvalue weighted by Gasteiger charge is -2.43. The summed E-state index contributed by atoms with van der Waals surface area (Å²) in [6.07, 6.45) is -0.773. The number of aliphatic hydroxyl groups is 1. The van der Waals surface area contributed by atoms with Crippen LogP contribution < -0.4 is 5.32 Å². The van der Waals surface area contributed by atoms with Crippen LogP contribution in [-0.4, -0.2) is 62.1 Å². The molecule has 0 radical (unpaired) electrons. The van der Waals surface area contributed by atoms with Gasteiger partial charge in [0.05, 0.1) is 19.3 Å². The number of aliphatic hydroxyl groups excluding tert-OH is 1. The first-order valence-electron chi connectivity index (χ1n) is 13.5. The molecule has 1 heterocycles. The van der Waals surface area contributed by atoms with E-state index in [-0.39, 0.29) is 29.7 Å². The predicted octanol–water partition coefficient (Wildman–Crippen LogP) is 5.55. The van der Waals surface area contributed by atoms with Gasteiger partial charge in [-0.15, -0.1) is 0 Å². The van der Waals surface area contributed by atoms with Crippen molar-refractivity contribution in [3.8, 4) is 0 Å². The number of hydrogen-bond donors (Lipinski definition) is 2. The first kappa shape index (κ1) is 30.3. The number of nitrogens with one attached hydrogen (secondary N) is 1. The molecule has 8 heteroatoms. The molecule has 1 aliphatic heterocycles. The van der Waals surface area contributed by atoms with Crippen molar-refractivity contribution < 1.29 is 23.8 Å². The van der Waals surface area contributed by atoms with Crippen LogP contribution in [0.5, 0.6) is 0 Å². The molecule has 2 N–H and O–H groups in total. The molecular formula is C30H46N2O5Si. The molecule has 2 aromatic rings. The number of urea groups is 1. The zero-order valence-corrected chi connectivity index (χ0v) is 25.1. The molecule has 0 spiro atoms. The average molecular weight is 543 g/mol. The van der Waals surface area contributed by atoms with Crippen LogP contribution in [0.4, 0.5) is 4.79 Å². The highest BCUT2D eigenvalue weighted by molar-refractivity contribution is 6.74. The number of ether oxygens (including phenoxy) is 2. The van der Waals surface area contributed by atoms with Crippen LogP contribution in [0.3, 0.4) is 0 Å². The summed E-state index contributed by atoms with van der Waals surface area (Å²) in [6.45, 7) is 16.1. The van der Waals surface area contributed by atoms with E-state index in [1.54, 1.807) is 4.90 Å². The van der Waals surface area contributed by atoms with E-state index in [0.29, 0.717) is 26.2 Å². The van der Waals surface area contributed by atoms with Gasteiger partial charge in [0.15, 0.2) is 14.1 Å². The Morgan fingerprint density at radius 2 is 1.68 bits per heavy atom. The number of carbonyl (C=O) groups excluding carboxylic acids is 1. The molecule has 2 amide bonds. The van der Waals surface area contributed by atoms with E-state index in [0.717, 1.165) is 11.1 Å². The van der Waals surface area contributed by atoms with Gasteiger partial charge in [-0.1, -0.05) is 81.4 Å². The van der Waals surface area contributed by atoms with Crippen molar-refractivity contribution in [1.82, 2.24) is 10.2 Å². The fourth-order valence-corrected chi connectivity index (χ4v) is 5.71. The van der Waals surface area contributed by atoms with E-state index < -0.39 is 20.2 Å². The zero-order chi connectivity index (χ0) is 28.0. The summed E-state index contributed by atoms with van der Waals surface area (Å²) in [7, 11) is -2.24. The number of benzene rings is 2. The molecule has 0 saturated carbocycles. The Bertz CT molecular complexity index is 1010. The highest BCUT2D eigenvalue weighted by Gasteiger charge is 2.47. The monoisotopic (exact) mass is 542 g/mol. The fraction of sp³-hybridized carbons (Fsp3) is 0.567. The molecule has 0 aliphatic carbocycles. The maximum atomic E-state index is 13.5. The number of carbonyl (C=O) groups is 1. The highest BCUT2D eigenvalue weighted by atomic mass is 28.4. The van der Waals surface area contributed by atoms with E-state index in [1.165, 1.54) is 0 Å². The Kier molecular flexibility index (Phi) is 10.2. The van der Waals surface area contributed by atoms with Crippen LogP contribution in [0, 0.1) is 5.92 Å². The lowest BCUT2D eigenvalue weighted by Crippen LogP contribution is -2.54. The Morgan fingerprint density at radius 1 is 1.11 bits per heavy atom. The second-order valence-corrected chi connectivity index (χ2v) is 16.9. The maximum Gasteiger partial charge on any atom is 0.317 e. The summed E-state index contributed by atoms with van der Waals surface area (Å²) < 4.78 is 19.1. The maximum absolute atomic E-state index is 13.5. The highest BCUT2D eigenvalue weighted by Crippen LogP contribution is 2.40. The predicted molar refractivity (Wildman–Crippen MR) is 153 cm³/mol. The minimum Gasteiger partial charge on any atom is -0.411 e. The SMILES string of the molecule is CC1(C)OC[C@H]([C@@H](O[Si](C)(C)C(C)(C)C)[C@@H](CO)CN(Cc2ccccc2)C(=O)NCc2ccccc2)O1. The topological polar surface area (TPSA) is 80.3 Å². The number of amides is 2. The van der Waals surface area contributed by atoms with Gasteiger partial charge in [0, 0.05) is 25.6 Å². The second-order valence-electron chi connectivity index (χ2n) is 12.2. The van der Waals surface area contributed by atoms with Crippen LogP contribution in [0.15, 0.2) is 60.7 Å². The van der Waals surface area contributed by atoms with Gasteiger partial charge in [0.25, 0.3) is 0 Å². The largest absolute Gasteiger partial charge is 0.411 e.